The maximum atomic E-state index is 12.6. The average Bonchev–Trinajstić information content (AvgIpc) is 2.66. The summed E-state index contributed by atoms with van der Waals surface area (Å²) in [5, 5.41) is 7.00. The number of nitrogens with zero attached hydrogens (tertiary/aromatic N) is 2. The molecule has 0 bridgehead atoms. The van der Waals surface area contributed by atoms with E-state index in [0.29, 0.717) is 19.0 Å². The van der Waals surface area contributed by atoms with Crippen molar-refractivity contribution in [1.29, 1.82) is 0 Å². The van der Waals surface area contributed by atoms with Crippen molar-refractivity contribution in [2.45, 2.75) is 30.1 Å². The normalized spacial score (nSPS) is 21.8. The zero-order valence-electron chi connectivity index (χ0n) is 14.4. The van der Waals surface area contributed by atoms with Gasteiger partial charge in [-0.25, -0.2) is 8.51 Å². The average molecular weight is 350 g/mol. The molecule has 24 heavy (non-hydrogen) atoms. The van der Waals surface area contributed by atoms with E-state index in [4.69, 9.17) is 17.7 Å². The summed E-state index contributed by atoms with van der Waals surface area (Å²) in [5.74, 6) is 0.358. The Morgan fingerprint density at radius 2 is 1.88 bits per heavy atom. The molecule has 1 atom stereocenters. The molecule has 3 rings (SSSR count). The summed E-state index contributed by atoms with van der Waals surface area (Å²) in [6, 6.07) is 8.18. The van der Waals surface area contributed by atoms with Crippen LogP contribution in [0.25, 0.3) is 0 Å². The molecular formula is C17H27BN2O3S. The number of piperidine rings is 1. The summed E-state index contributed by atoms with van der Waals surface area (Å²) < 4.78 is 20.0. The summed E-state index contributed by atoms with van der Waals surface area (Å²) in [6.07, 6.45) is 2.14. The topological polar surface area (TPSA) is 53.0 Å². The molecule has 0 aromatic heterocycles. The lowest BCUT2D eigenvalue weighted by atomic mass is 9.79. The molecule has 2 heterocycles. The fraction of sp³-hybridized carbons (Fsp3) is 0.647. The fourth-order valence-electron chi connectivity index (χ4n) is 2.98. The first-order valence-electron chi connectivity index (χ1n) is 8.48. The Hall–Kier alpha value is -0.725. The van der Waals surface area contributed by atoms with E-state index < -0.39 is 11.0 Å². The van der Waals surface area contributed by atoms with Crippen molar-refractivity contribution in [2.24, 2.45) is 0 Å². The Kier molecular flexibility index (Phi) is 8.42. The monoisotopic (exact) mass is 350 g/mol. The van der Waals surface area contributed by atoms with Gasteiger partial charge in [-0.2, -0.15) is 0 Å². The number of morpholine rings is 1. The number of aliphatic hydroxyl groups is 1. The van der Waals surface area contributed by atoms with E-state index in [1.807, 2.05) is 16.4 Å². The van der Waals surface area contributed by atoms with Crippen molar-refractivity contribution >= 4 is 18.8 Å². The number of ether oxygens (including phenoxy) is 1. The van der Waals surface area contributed by atoms with E-state index >= 15 is 0 Å². The molecule has 1 aromatic rings. The van der Waals surface area contributed by atoms with Gasteiger partial charge < -0.3 is 9.84 Å². The molecule has 2 saturated heterocycles. The lowest BCUT2D eigenvalue weighted by Gasteiger charge is -2.30. The Morgan fingerprint density at radius 1 is 1.21 bits per heavy atom. The van der Waals surface area contributed by atoms with Crippen LogP contribution in [-0.2, 0) is 22.3 Å². The van der Waals surface area contributed by atoms with Gasteiger partial charge in [0.25, 0.3) is 0 Å². The molecule has 0 amide bonds. The largest absolute Gasteiger partial charge is 0.400 e. The molecule has 1 aromatic carbocycles. The number of likely N-dealkylation sites (tertiary alicyclic amines) is 1. The van der Waals surface area contributed by atoms with Crippen molar-refractivity contribution in [3.8, 4) is 0 Å². The van der Waals surface area contributed by atoms with Crippen LogP contribution in [0, 0.1) is 0 Å². The molecule has 0 aliphatic carbocycles. The van der Waals surface area contributed by atoms with Gasteiger partial charge in [-0.15, -0.1) is 0 Å². The molecule has 2 radical (unpaired) electrons. The highest BCUT2D eigenvalue weighted by Crippen LogP contribution is 2.21. The summed E-state index contributed by atoms with van der Waals surface area (Å²) in [7, 11) is 5.88. The number of aliphatic hydroxyl groups excluding tert-OH is 1. The van der Waals surface area contributed by atoms with E-state index in [1.165, 1.54) is 5.56 Å². The molecule has 132 valence electrons. The number of hydrogen-bond donors (Lipinski definition) is 1. The summed E-state index contributed by atoms with van der Waals surface area (Å²) >= 11 is 0. The first kappa shape index (κ1) is 19.6. The van der Waals surface area contributed by atoms with Crippen LogP contribution in [0.2, 0.25) is 5.82 Å². The maximum Gasteiger partial charge on any atom is 0.127 e. The highest BCUT2D eigenvalue weighted by atomic mass is 32.2. The van der Waals surface area contributed by atoms with Crippen molar-refractivity contribution in [3.63, 3.8) is 0 Å². The second-order valence-corrected chi connectivity index (χ2v) is 7.54. The Morgan fingerprint density at radius 3 is 2.54 bits per heavy atom. The van der Waals surface area contributed by atoms with Gasteiger partial charge in [0, 0.05) is 26.7 Å². The smallest absolute Gasteiger partial charge is 0.127 e. The quantitative estimate of drug-likeness (QED) is 0.830. The minimum atomic E-state index is -1.08. The number of hydrogen-bond acceptors (Lipinski definition) is 4. The molecule has 0 saturated carbocycles. The molecule has 0 spiro atoms. The third-order valence-electron chi connectivity index (χ3n) is 4.34. The van der Waals surface area contributed by atoms with Crippen LogP contribution >= 0.6 is 0 Å². The Balaban J connectivity index is 0.00000100. The maximum absolute atomic E-state index is 12.6. The van der Waals surface area contributed by atoms with Gasteiger partial charge >= 0.3 is 0 Å². The molecule has 2 aliphatic heterocycles. The molecule has 1 unspecified atom stereocenters. The van der Waals surface area contributed by atoms with Crippen molar-refractivity contribution in [3.05, 3.63) is 29.8 Å². The minimum Gasteiger partial charge on any atom is -0.400 e. The van der Waals surface area contributed by atoms with Crippen LogP contribution in [0.1, 0.15) is 18.4 Å². The van der Waals surface area contributed by atoms with Crippen LogP contribution in [-0.4, -0.2) is 72.9 Å². The second-order valence-electron chi connectivity index (χ2n) is 6.05. The van der Waals surface area contributed by atoms with Gasteiger partial charge in [0.1, 0.15) is 11.0 Å². The van der Waals surface area contributed by atoms with Crippen LogP contribution in [0.4, 0.5) is 0 Å². The highest BCUT2D eigenvalue weighted by Gasteiger charge is 2.19. The van der Waals surface area contributed by atoms with Gasteiger partial charge in [-0.1, -0.05) is 17.9 Å². The second kappa shape index (κ2) is 10.3. The van der Waals surface area contributed by atoms with Crippen molar-refractivity contribution in [2.75, 3.05) is 46.5 Å². The van der Waals surface area contributed by atoms with E-state index in [1.54, 1.807) is 0 Å². The predicted molar refractivity (Wildman–Crippen MR) is 97.4 cm³/mol. The van der Waals surface area contributed by atoms with Gasteiger partial charge in [0.05, 0.1) is 26.0 Å². The van der Waals surface area contributed by atoms with Gasteiger partial charge in [-0.3, -0.25) is 4.90 Å². The standard InChI is InChI=1S/C16H23BN2O2S.CH4O/c17-15-4-6-18(7-5-15)13-14-2-1-3-16(12-14)22(20)19-8-10-21-11-9-19;1-2/h1-3,12,15H,4-11,13H2;2H,1H3. The third-order valence-corrected chi connectivity index (χ3v) is 5.83. The van der Waals surface area contributed by atoms with Gasteiger partial charge in [-0.05, 0) is 43.6 Å². The van der Waals surface area contributed by atoms with Crippen molar-refractivity contribution < 1.29 is 14.1 Å². The van der Waals surface area contributed by atoms with Gasteiger partial charge in [0.15, 0.2) is 0 Å². The van der Waals surface area contributed by atoms with Crippen LogP contribution in [0.15, 0.2) is 29.2 Å². The van der Waals surface area contributed by atoms with Crippen molar-refractivity contribution in [1.82, 2.24) is 9.21 Å². The lowest BCUT2D eigenvalue weighted by molar-refractivity contribution is 0.0752. The summed E-state index contributed by atoms with van der Waals surface area (Å²) in [5.41, 5.74) is 1.23. The van der Waals surface area contributed by atoms with Crippen LogP contribution < -0.4 is 0 Å². The van der Waals surface area contributed by atoms with E-state index in [9.17, 15) is 4.21 Å². The zero-order chi connectivity index (χ0) is 17.4. The molecule has 5 nitrogen and oxygen atoms in total. The molecule has 2 aliphatic rings. The first-order chi connectivity index (χ1) is 11.7. The van der Waals surface area contributed by atoms with Crippen LogP contribution in [0.5, 0.6) is 0 Å². The zero-order valence-corrected chi connectivity index (χ0v) is 15.2. The van der Waals surface area contributed by atoms with Crippen LogP contribution in [0.3, 0.4) is 0 Å². The SMILES string of the molecule is CO.[B]C1CCN(Cc2cccc(S(=O)N3CCOCC3)c2)CC1. The fourth-order valence-corrected chi connectivity index (χ4v) is 4.21. The molecular weight excluding hydrogens is 323 g/mol. The Bertz CT molecular complexity index is 518. The summed E-state index contributed by atoms with van der Waals surface area (Å²) in [6.45, 7) is 5.83. The molecule has 7 heteroatoms. The predicted octanol–water partition coefficient (Wildman–Crippen LogP) is 1.20. The number of rotatable bonds is 4. The Labute approximate surface area is 149 Å². The van der Waals surface area contributed by atoms with E-state index in [2.05, 4.69) is 17.0 Å². The lowest BCUT2D eigenvalue weighted by Crippen LogP contribution is -2.37. The van der Waals surface area contributed by atoms with E-state index in [0.717, 1.165) is 57.6 Å². The molecule has 1 N–H and O–H groups in total. The number of benzene rings is 1. The molecule has 2 fully saturated rings. The van der Waals surface area contributed by atoms with E-state index in [-0.39, 0.29) is 0 Å². The third kappa shape index (κ3) is 5.67. The minimum absolute atomic E-state index is 0.358. The highest BCUT2D eigenvalue weighted by molar-refractivity contribution is 7.82. The summed E-state index contributed by atoms with van der Waals surface area (Å²) in [4.78, 5) is 3.33. The first-order valence-corrected chi connectivity index (χ1v) is 9.59. The van der Waals surface area contributed by atoms with Gasteiger partial charge in [0.2, 0.25) is 0 Å².